The minimum atomic E-state index is -0.305. The number of nitrogens with one attached hydrogen (secondary N) is 1. The highest BCUT2D eigenvalue weighted by molar-refractivity contribution is 5.98. The molecule has 7 heteroatoms. The number of hydrogen-bond donors (Lipinski definition) is 3. The Morgan fingerprint density at radius 2 is 2.20 bits per heavy atom. The molecule has 0 atom stereocenters. The van der Waals surface area contributed by atoms with E-state index in [1.54, 1.807) is 7.11 Å². The summed E-state index contributed by atoms with van der Waals surface area (Å²) >= 11 is 0. The van der Waals surface area contributed by atoms with E-state index in [0.717, 1.165) is 0 Å². The maximum absolute atomic E-state index is 11.0. The van der Waals surface area contributed by atoms with Crippen molar-refractivity contribution in [3.63, 3.8) is 0 Å². The first kappa shape index (κ1) is 13.7. The molecular weight excluding hydrogens is 202 g/mol. The first-order chi connectivity index (χ1) is 7.20. The molecule has 0 fully saturated rings. The first-order valence-corrected chi connectivity index (χ1v) is 4.50. The van der Waals surface area contributed by atoms with Crippen LogP contribution in [0.1, 0.15) is 6.42 Å². The minimum absolute atomic E-state index is 0.116. The second-order valence-electron chi connectivity index (χ2n) is 2.72. The average Bonchev–Trinajstić information content (AvgIpc) is 2.23. The molecule has 0 saturated heterocycles. The van der Waals surface area contributed by atoms with Gasteiger partial charge in [0.1, 0.15) is 5.84 Å². The Balaban J connectivity index is 3.32. The van der Waals surface area contributed by atoms with Gasteiger partial charge in [-0.05, 0) is 0 Å². The summed E-state index contributed by atoms with van der Waals surface area (Å²) in [6.07, 6.45) is -0.116. The number of oxime groups is 1. The molecule has 1 amide bonds. The summed E-state index contributed by atoms with van der Waals surface area (Å²) in [4.78, 5) is 11.0. The van der Waals surface area contributed by atoms with Crippen LogP contribution < -0.4 is 11.1 Å². The van der Waals surface area contributed by atoms with E-state index in [1.165, 1.54) is 0 Å². The van der Waals surface area contributed by atoms with Gasteiger partial charge in [-0.2, -0.15) is 0 Å². The standard InChI is InChI=1S/C8H17N3O4/c1-14-4-5-15-3-2-10-8(12)6-7(9)11-13/h13H,2-6H2,1H3,(H2,9,11)(H,10,12). The van der Waals surface area contributed by atoms with E-state index in [1.807, 2.05) is 0 Å². The van der Waals surface area contributed by atoms with Crippen LogP contribution in [0.25, 0.3) is 0 Å². The fraction of sp³-hybridized carbons (Fsp3) is 0.750. The molecule has 0 saturated carbocycles. The van der Waals surface area contributed by atoms with Crippen LogP contribution in [0, 0.1) is 0 Å². The Morgan fingerprint density at radius 1 is 1.47 bits per heavy atom. The van der Waals surface area contributed by atoms with Crippen LogP contribution in [0.5, 0.6) is 0 Å². The van der Waals surface area contributed by atoms with Crippen molar-refractivity contribution >= 4 is 11.7 Å². The molecule has 0 heterocycles. The highest BCUT2D eigenvalue weighted by atomic mass is 16.5. The van der Waals surface area contributed by atoms with Crippen molar-refractivity contribution in [1.82, 2.24) is 5.32 Å². The lowest BCUT2D eigenvalue weighted by atomic mass is 10.4. The van der Waals surface area contributed by atoms with E-state index < -0.39 is 0 Å². The van der Waals surface area contributed by atoms with Crippen molar-refractivity contribution < 1.29 is 19.5 Å². The maximum atomic E-state index is 11.0. The highest BCUT2D eigenvalue weighted by Crippen LogP contribution is 1.80. The van der Waals surface area contributed by atoms with Crippen LogP contribution in [0.15, 0.2) is 5.16 Å². The fourth-order valence-corrected chi connectivity index (χ4v) is 0.769. The number of amides is 1. The van der Waals surface area contributed by atoms with Gasteiger partial charge in [0, 0.05) is 13.7 Å². The van der Waals surface area contributed by atoms with Gasteiger partial charge in [-0.1, -0.05) is 5.16 Å². The van der Waals surface area contributed by atoms with Crippen LogP contribution in [0.2, 0.25) is 0 Å². The molecule has 0 aromatic heterocycles. The average molecular weight is 219 g/mol. The molecule has 0 aromatic rings. The van der Waals surface area contributed by atoms with Crippen molar-refractivity contribution in [1.29, 1.82) is 0 Å². The van der Waals surface area contributed by atoms with E-state index in [9.17, 15) is 4.79 Å². The number of methoxy groups -OCH3 is 1. The summed E-state index contributed by atoms with van der Waals surface area (Å²) in [6, 6.07) is 0. The summed E-state index contributed by atoms with van der Waals surface area (Å²) in [5.41, 5.74) is 5.14. The van der Waals surface area contributed by atoms with Crippen molar-refractivity contribution in [2.45, 2.75) is 6.42 Å². The summed E-state index contributed by atoms with van der Waals surface area (Å²) in [7, 11) is 1.59. The zero-order valence-electron chi connectivity index (χ0n) is 8.73. The highest BCUT2D eigenvalue weighted by Gasteiger charge is 2.03. The van der Waals surface area contributed by atoms with Crippen molar-refractivity contribution in [2.24, 2.45) is 10.9 Å². The van der Waals surface area contributed by atoms with Crippen LogP contribution in [-0.4, -0.2) is 50.4 Å². The lowest BCUT2D eigenvalue weighted by Gasteiger charge is -2.05. The summed E-state index contributed by atoms with van der Waals surface area (Å²) in [5, 5.41) is 13.4. The van der Waals surface area contributed by atoms with Gasteiger partial charge in [-0.15, -0.1) is 0 Å². The lowest BCUT2D eigenvalue weighted by molar-refractivity contribution is -0.120. The van der Waals surface area contributed by atoms with E-state index >= 15 is 0 Å². The van der Waals surface area contributed by atoms with Gasteiger partial charge in [0.05, 0.1) is 26.2 Å². The van der Waals surface area contributed by atoms with Crippen LogP contribution in [-0.2, 0) is 14.3 Å². The summed E-state index contributed by atoms with van der Waals surface area (Å²) in [5.74, 6) is -0.423. The number of rotatable bonds is 8. The largest absolute Gasteiger partial charge is 0.409 e. The second kappa shape index (κ2) is 9.22. The van der Waals surface area contributed by atoms with Gasteiger partial charge in [0.15, 0.2) is 0 Å². The second-order valence-corrected chi connectivity index (χ2v) is 2.72. The van der Waals surface area contributed by atoms with Gasteiger partial charge >= 0.3 is 0 Å². The zero-order valence-corrected chi connectivity index (χ0v) is 8.73. The molecule has 7 nitrogen and oxygen atoms in total. The quantitative estimate of drug-likeness (QED) is 0.158. The monoisotopic (exact) mass is 219 g/mol. The van der Waals surface area contributed by atoms with E-state index in [4.69, 9.17) is 20.4 Å². The zero-order chi connectivity index (χ0) is 11.5. The Morgan fingerprint density at radius 3 is 2.80 bits per heavy atom. The molecule has 15 heavy (non-hydrogen) atoms. The van der Waals surface area contributed by atoms with Gasteiger partial charge in [0.2, 0.25) is 5.91 Å². The number of nitrogens with two attached hydrogens (primary N) is 1. The van der Waals surface area contributed by atoms with Crippen LogP contribution in [0.4, 0.5) is 0 Å². The Labute approximate surface area is 88.2 Å². The summed E-state index contributed by atoms with van der Waals surface area (Å²) < 4.78 is 9.87. The molecule has 0 aliphatic carbocycles. The van der Waals surface area contributed by atoms with Gasteiger partial charge < -0.3 is 25.7 Å². The smallest absolute Gasteiger partial charge is 0.227 e. The molecular formula is C8H17N3O4. The molecule has 0 aromatic carbocycles. The Kier molecular flexibility index (Phi) is 8.40. The van der Waals surface area contributed by atoms with E-state index in [-0.39, 0.29) is 18.2 Å². The number of nitrogens with zero attached hydrogens (tertiary/aromatic N) is 1. The van der Waals surface area contributed by atoms with Crippen LogP contribution >= 0.6 is 0 Å². The molecule has 0 radical (unpaired) electrons. The number of carbonyl (C=O) groups is 1. The molecule has 0 aliphatic rings. The molecule has 0 rings (SSSR count). The maximum Gasteiger partial charge on any atom is 0.227 e. The van der Waals surface area contributed by atoms with Gasteiger partial charge in [-0.25, -0.2) is 0 Å². The van der Waals surface area contributed by atoms with Crippen molar-refractivity contribution in [3.8, 4) is 0 Å². The molecule has 0 bridgehead atoms. The molecule has 0 unspecified atom stereocenters. The Bertz CT molecular complexity index is 208. The third-order valence-electron chi connectivity index (χ3n) is 1.47. The first-order valence-electron chi connectivity index (χ1n) is 4.50. The topological polar surface area (TPSA) is 106 Å². The van der Waals surface area contributed by atoms with E-state index in [0.29, 0.717) is 26.4 Å². The number of amidine groups is 1. The number of hydrogen-bond acceptors (Lipinski definition) is 5. The normalized spacial score (nSPS) is 11.4. The fourth-order valence-electron chi connectivity index (χ4n) is 0.769. The van der Waals surface area contributed by atoms with E-state index in [2.05, 4.69) is 10.5 Å². The van der Waals surface area contributed by atoms with Gasteiger partial charge in [0.25, 0.3) is 0 Å². The Hall–Kier alpha value is -1.34. The minimum Gasteiger partial charge on any atom is -0.409 e. The molecule has 88 valence electrons. The number of ether oxygens (including phenoxy) is 2. The molecule has 0 spiro atoms. The molecule has 0 aliphatic heterocycles. The lowest BCUT2D eigenvalue weighted by Crippen LogP contribution is -2.31. The van der Waals surface area contributed by atoms with Crippen molar-refractivity contribution in [3.05, 3.63) is 0 Å². The van der Waals surface area contributed by atoms with Gasteiger partial charge in [-0.3, -0.25) is 4.79 Å². The summed E-state index contributed by atoms with van der Waals surface area (Å²) in [6.45, 7) is 1.82. The third-order valence-corrected chi connectivity index (χ3v) is 1.47. The van der Waals surface area contributed by atoms with Crippen LogP contribution in [0.3, 0.4) is 0 Å². The predicted octanol–water partition coefficient (Wildman–Crippen LogP) is -1.10. The van der Waals surface area contributed by atoms with Crippen molar-refractivity contribution in [2.75, 3.05) is 33.5 Å². The third kappa shape index (κ3) is 8.98. The number of carbonyl (C=O) groups excluding carboxylic acids is 1. The molecule has 4 N–H and O–H groups in total. The predicted molar refractivity (Wildman–Crippen MR) is 53.7 cm³/mol. The SMILES string of the molecule is COCCOCCNC(=O)CC(N)=NO.